The van der Waals surface area contributed by atoms with Gasteiger partial charge in [-0.05, 0) is 39.8 Å². The van der Waals surface area contributed by atoms with Crippen molar-refractivity contribution in [2.24, 2.45) is 0 Å². The molecule has 0 saturated heterocycles. The third kappa shape index (κ3) is 15.2. The van der Waals surface area contributed by atoms with E-state index in [2.05, 4.69) is 9.97 Å². The normalized spacial score (nSPS) is 7.46. The van der Waals surface area contributed by atoms with E-state index in [9.17, 15) is 29.4 Å². The van der Waals surface area contributed by atoms with Crippen LogP contribution in [0, 0.1) is 27.7 Å². The fourth-order valence-electron chi connectivity index (χ4n) is 2.30. The minimum absolute atomic E-state index is 0. The molecule has 0 aromatic carbocycles. The van der Waals surface area contributed by atoms with Crippen molar-refractivity contribution in [3.05, 3.63) is 57.2 Å². The molecule has 0 fully saturated rings. The molecule has 0 bridgehead atoms. The number of nitrogens with zero attached hydrogens (tertiary/aromatic N) is 2. The summed E-state index contributed by atoms with van der Waals surface area (Å²) in [6.07, 6.45) is 0. The van der Waals surface area contributed by atoms with E-state index in [1.54, 1.807) is 0 Å². The van der Waals surface area contributed by atoms with E-state index in [0.29, 0.717) is 11.4 Å². The van der Waals surface area contributed by atoms with Crippen molar-refractivity contribution in [2.75, 3.05) is 0 Å². The third-order valence-corrected chi connectivity index (χ3v) is 3.71. The average molecular weight is 595 g/mol. The first-order valence-electron chi connectivity index (χ1n) is 7.72. The maximum Gasteiger partial charge on any atom is 2.00 e. The van der Waals surface area contributed by atoms with E-state index in [1.165, 1.54) is 27.7 Å². The summed E-state index contributed by atoms with van der Waals surface area (Å²) in [5.41, 5.74) is 0.491. The SMILES string of the molecule is Cc1nc(C)c(C(=O)O)cc1C(=O)[O-].Cc1nc(C)c(C(=O)O)cc1C(=O)[O-].O.O.O.O.[Co+2].[OH3+].[OH3+].[OH3+].[OH3+]. The fourth-order valence-corrected chi connectivity index (χ4v) is 2.30. The average Bonchev–Trinajstić information content (AvgIpc) is 2.53. The predicted molar refractivity (Wildman–Crippen MR) is 124 cm³/mol. The van der Waals surface area contributed by atoms with E-state index in [-0.39, 0.29) is 94.2 Å². The number of hydrogen-bond acceptors (Lipinski definition) is 8. The minimum atomic E-state index is -1.42. The molecule has 0 saturated carbocycles. The van der Waals surface area contributed by atoms with Crippen molar-refractivity contribution in [2.45, 2.75) is 27.7 Å². The topological polar surface area (TPSA) is 439 Å². The van der Waals surface area contributed by atoms with Gasteiger partial charge in [0.1, 0.15) is 0 Å². The molecule has 0 amide bonds. The van der Waals surface area contributed by atoms with Gasteiger partial charge in [-0.3, -0.25) is 9.97 Å². The summed E-state index contributed by atoms with van der Waals surface area (Å²) in [4.78, 5) is 50.1. The zero-order valence-corrected chi connectivity index (χ0v) is 21.1. The zero-order chi connectivity index (χ0) is 21.8. The summed E-state index contributed by atoms with van der Waals surface area (Å²) in [6, 6.07) is 2.13. The summed E-state index contributed by atoms with van der Waals surface area (Å²) in [5, 5.41) is 38.5. The second-order valence-electron chi connectivity index (χ2n) is 5.69. The molecule has 37 heavy (non-hydrogen) atoms. The molecule has 22 N–H and O–H groups in total. The molecule has 19 heteroatoms. The molecule has 0 aliphatic rings. The van der Waals surface area contributed by atoms with Gasteiger partial charge in [0, 0.05) is 22.5 Å². The number of rotatable bonds is 4. The van der Waals surface area contributed by atoms with Crippen molar-refractivity contribution < 1.29 is 100 Å². The van der Waals surface area contributed by atoms with Gasteiger partial charge in [0.05, 0.1) is 34.5 Å². The number of carboxylic acid groups (broad SMARTS) is 4. The predicted octanol–water partition coefficient (Wildman–Crippen LogP) is -7.47. The summed E-state index contributed by atoms with van der Waals surface area (Å²) >= 11 is 0. The van der Waals surface area contributed by atoms with Crippen molar-refractivity contribution in [1.29, 1.82) is 0 Å². The first-order chi connectivity index (χ1) is 12.9. The van der Waals surface area contributed by atoms with E-state index in [4.69, 9.17) is 10.2 Å². The molecule has 219 valence electrons. The molecule has 0 spiro atoms. The van der Waals surface area contributed by atoms with E-state index in [1.807, 2.05) is 0 Å². The Kier molecular flexibility index (Phi) is 38.3. The second-order valence-corrected chi connectivity index (χ2v) is 5.69. The number of hydrogen-bond donors (Lipinski definition) is 2. The molecule has 2 aromatic heterocycles. The molecule has 2 heterocycles. The van der Waals surface area contributed by atoms with E-state index in [0.717, 1.165) is 12.1 Å². The summed E-state index contributed by atoms with van der Waals surface area (Å²) in [6.45, 7) is 6.00. The van der Waals surface area contributed by atoms with Crippen LogP contribution >= 0.6 is 0 Å². The molecule has 0 unspecified atom stereocenters. The summed E-state index contributed by atoms with van der Waals surface area (Å²) in [5.74, 6) is -5.23. The molecule has 0 aliphatic carbocycles. The maximum atomic E-state index is 10.7. The summed E-state index contributed by atoms with van der Waals surface area (Å²) in [7, 11) is 0. The Morgan fingerprint density at radius 2 is 0.757 bits per heavy atom. The third-order valence-electron chi connectivity index (χ3n) is 3.71. The van der Waals surface area contributed by atoms with Crippen LogP contribution in [-0.2, 0) is 38.7 Å². The minimum Gasteiger partial charge on any atom is -0.545 e. The van der Waals surface area contributed by atoms with Crippen LogP contribution in [0.15, 0.2) is 12.1 Å². The van der Waals surface area contributed by atoms with Crippen molar-refractivity contribution >= 4 is 23.9 Å². The molecule has 1 radical (unpaired) electrons. The Labute approximate surface area is 219 Å². The maximum absolute atomic E-state index is 10.7. The quantitative estimate of drug-likeness (QED) is 0.314. The smallest absolute Gasteiger partial charge is 0.545 e. The molecule has 18 nitrogen and oxygen atoms in total. The molecular formula is C18H36CoN2O16+4. The van der Waals surface area contributed by atoms with Crippen LogP contribution in [0.2, 0.25) is 0 Å². The number of carbonyl (C=O) groups is 4. The Morgan fingerprint density at radius 1 is 0.568 bits per heavy atom. The molecule has 0 aliphatic heterocycles. The van der Waals surface area contributed by atoms with Gasteiger partial charge in [-0.15, -0.1) is 0 Å². The number of carbonyl (C=O) groups excluding carboxylic acids is 2. The van der Waals surface area contributed by atoms with Gasteiger partial charge in [0.25, 0.3) is 0 Å². The molecule has 0 atom stereocenters. The largest absolute Gasteiger partial charge is 2.00 e. The van der Waals surface area contributed by atoms with Gasteiger partial charge in [-0.2, -0.15) is 0 Å². The number of carboxylic acids is 4. The standard InChI is InChI=1S/2C9H9NO4.Co.8H2O/c2*1-4-6(8(11)12)3-7(9(13)14)5(2)10-4;;;;;;;;;/h2*3H,1-2H3,(H,11,12)(H,13,14);;8*1H2/q;;+2;;;;;;;;/p+2. The molecular weight excluding hydrogens is 559 g/mol. The first-order valence-corrected chi connectivity index (χ1v) is 7.72. The number of aromatic carboxylic acids is 4. The zero-order valence-electron chi connectivity index (χ0n) is 20.0. The summed E-state index contributed by atoms with van der Waals surface area (Å²) < 4.78 is 0. The van der Waals surface area contributed by atoms with Gasteiger partial charge >= 0.3 is 28.7 Å². The van der Waals surface area contributed by atoms with Crippen LogP contribution in [0.1, 0.15) is 64.2 Å². The van der Waals surface area contributed by atoms with Gasteiger partial charge in [0.2, 0.25) is 0 Å². The van der Waals surface area contributed by atoms with Crippen LogP contribution in [0.3, 0.4) is 0 Å². The number of pyridine rings is 2. The second kappa shape index (κ2) is 24.1. The van der Waals surface area contributed by atoms with Gasteiger partial charge in [-0.25, -0.2) is 9.59 Å². The van der Waals surface area contributed by atoms with E-state index < -0.39 is 23.9 Å². The number of aromatic nitrogens is 2. The Morgan fingerprint density at radius 3 is 0.919 bits per heavy atom. The van der Waals surface area contributed by atoms with E-state index >= 15 is 0 Å². The van der Waals surface area contributed by atoms with Gasteiger partial charge < -0.3 is 73.8 Å². The number of aryl methyl sites for hydroxylation is 4. The van der Waals surface area contributed by atoms with Crippen LogP contribution in [0.4, 0.5) is 0 Å². The van der Waals surface area contributed by atoms with Crippen molar-refractivity contribution in [3.8, 4) is 0 Å². The van der Waals surface area contributed by atoms with Crippen LogP contribution in [-0.4, -0.2) is 66.0 Å². The Balaban J connectivity index is -0.0000000487. The molecule has 2 aromatic rings. The molecule has 2 rings (SSSR count). The van der Waals surface area contributed by atoms with Crippen LogP contribution in [0.5, 0.6) is 0 Å². The van der Waals surface area contributed by atoms with Gasteiger partial charge in [0.15, 0.2) is 0 Å². The first kappa shape index (κ1) is 58.9. The van der Waals surface area contributed by atoms with Crippen molar-refractivity contribution in [3.63, 3.8) is 0 Å². The van der Waals surface area contributed by atoms with Crippen LogP contribution < -0.4 is 10.2 Å². The Bertz CT molecular complexity index is 850. The fraction of sp³-hybridized carbons (Fsp3) is 0.222. The van der Waals surface area contributed by atoms with Gasteiger partial charge in [-0.1, -0.05) is 0 Å². The monoisotopic (exact) mass is 595 g/mol. The van der Waals surface area contributed by atoms with Crippen LogP contribution in [0.25, 0.3) is 0 Å². The van der Waals surface area contributed by atoms with Crippen molar-refractivity contribution in [1.82, 2.24) is 9.97 Å². The Hall–Kier alpha value is -3.63.